The minimum atomic E-state index is -1.47. The zero-order chi connectivity index (χ0) is 17.9. The molecule has 8 heteroatoms. The van der Waals surface area contributed by atoms with E-state index in [2.05, 4.69) is 21.2 Å². The highest BCUT2D eigenvalue weighted by Crippen LogP contribution is 2.33. The van der Waals surface area contributed by atoms with Crippen LogP contribution in [-0.2, 0) is 14.3 Å². The number of hydrogen-bond donors (Lipinski definition) is 1. The molecule has 1 aromatic carbocycles. The largest absolute Gasteiger partial charge is 0.460 e. The van der Waals surface area contributed by atoms with Gasteiger partial charge in [0.25, 0.3) is 0 Å². The topological polar surface area (TPSA) is 109 Å². The van der Waals surface area contributed by atoms with E-state index < -0.39 is 23.6 Å². The average Bonchev–Trinajstić information content (AvgIpc) is 2.86. The Balaban J connectivity index is 2.53. The molecular formula is C16H13BrN2O5. The minimum absolute atomic E-state index is 0.0660. The Labute approximate surface area is 145 Å². The normalized spacial score (nSPS) is 11.6. The lowest BCUT2D eigenvalue weighted by Crippen LogP contribution is -2.27. The second-order valence-electron chi connectivity index (χ2n) is 4.83. The van der Waals surface area contributed by atoms with Crippen LogP contribution < -0.4 is 5.32 Å². The van der Waals surface area contributed by atoms with Gasteiger partial charge in [0, 0.05) is 9.86 Å². The first-order valence-electron chi connectivity index (χ1n) is 6.99. The number of nitriles is 1. The van der Waals surface area contributed by atoms with Crippen LogP contribution in [0.3, 0.4) is 0 Å². The summed E-state index contributed by atoms with van der Waals surface area (Å²) in [6, 6.07) is 6.60. The molecule has 124 valence electrons. The maximum Gasteiger partial charge on any atom is 0.376 e. The molecule has 24 heavy (non-hydrogen) atoms. The van der Waals surface area contributed by atoms with Gasteiger partial charge in [-0.05, 0) is 32.0 Å². The van der Waals surface area contributed by atoms with Gasteiger partial charge in [0.15, 0.2) is 11.7 Å². The zero-order valence-corrected chi connectivity index (χ0v) is 14.5. The van der Waals surface area contributed by atoms with Crippen LogP contribution in [-0.4, -0.2) is 24.3 Å². The Morgan fingerprint density at radius 1 is 1.42 bits per heavy atom. The Hall–Kier alpha value is -2.66. The van der Waals surface area contributed by atoms with Crippen molar-refractivity contribution in [2.24, 2.45) is 5.92 Å². The maximum absolute atomic E-state index is 12.2. The summed E-state index contributed by atoms with van der Waals surface area (Å²) in [5.41, 5.74) is 0.420. The number of hydrogen-bond acceptors (Lipinski definition) is 6. The Morgan fingerprint density at radius 3 is 2.71 bits per heavy atom. The van der Waals surface area contributed by atoms with Gasteiger partial charge in [-0.2, -0.15) is 5.26 Å². The van der Waals surface area contributed by atoms with Crippen LogP contribution in [0.1, 0.15) is 24.4 Å². The molecule has 1 heterocycles. The van der Waals surface area contributed by atoms with Crippen LogP contribution in [0.5, 0.6) is 0 Å². The number of carbonyl (C=O) groups excluding carboxylic acids is 3. The summed E-state index contributed by atoms with van der Waals surface area (Å²) >= 11 is 3.30. The third-order valence-electron chi connectivity index (χ3n) is 3.16. The fraction of sp³-hybridized carbons (Fsp3) is 0.250. The number of Topliss-reactive ketones (excluding diaryl/α,β-unsaturated/α-hetero) is 1. The van der Waals surface area contributed by atoms with Crippen molar-refractivity contribution in [3.05, 3.63) is 28.4 Å². The number of benzene rings is 1. The molecule has 0 aliphatic rings. The molecule has 7 nitrogen and oxygen atoms in total. The van der Waals surface area contributed by atoms with Crippen LogP contribution >= 0.6 is 15.9 Å². The summed E-state index contributed by atoms with van der Waals surface area (Å²) in [5, 5.41) is 11.8. The molecule has 0 bridgehead atoms. The summed E-state index contributed by atoms with van der Waals surface area (Å²) in [6.07, 6.45) is 0. The third-order valence-corrected chi connectivity index (χ3v) is 3.65. The minimum Gasteiger partial charge on any atom is -0.460 e. The van der Waals surface area contributed by atoms with Gasteiger partial charge < -0.3 is 14.5 Å². The molecule has 0 spiro atoms. The van der Waals surface area contributed by atoms with E-state index in [0.29, 0.717) is 15.4 Å². The van der Waals surface area contributed by atoms with Crippen molar-refractivity contribution < 1.29 is 23.5 Å². The first kappa shape index (κ1) is 17.7. The van der Waals surface area contributed by atoms with Crippen molar-refractivity contribution in [2.75, 3.05) is 11.9 Å². The number of nitrogens with one attached hydrogen (secondary N) is 1. The number of esters is 1. The maximum atomic E-state index is 12.2. The van der Waals surface area contributed by atoms with E-state index in [9.17, 15) is 14.4 Å². The molecular weight excluding hydrogens is 380 g/mol. The number of nitrogens with zero attached hydrogens (tertiary/aromatic N) is 1. The highest BCUT2D eigenvalue weighted by molar-refractivity contribution is 9.10. The van der Waals surface area contributed by atoms with Crippen LogP contribution in [0.2, 0.25) is 0 Å². The van der Waals surface area contributed by atoms with E-state index in [1.165, 1.54) is 0 Å². The molecule has 1 aromatic heterocycles. The lowest BCUT2D eigenvalue weighted by molar-refractivity contribution is -0.127. The molecule has 2 aromatic rings. The number of carbonyl (C=O) groups is 3. The summed E-state index contributed by atoms with van der Waals surface area (Å²) < 4.78 is 11.1. The van der Waals surface area contributed by atoms with E-state index in [-0.39, 0.29) is 18.1 Å². The predicted octanol–water partition coefficient (Wildman–Crippen LogP) is 3.04. The van der Waals surface area contributed by atoms with E-state index in [1.807, 2.05) is 0 Å². The number of anilines is 1. The van der Waals surface area contributed by atoms with Gasteiger partial charge in [-0.25, -0.2) is 4.79 Å². The predicted molar refractivity (Wildman–Crippen MR) is 88.3 cm³/mol. The highest BCUT2D eigenvalue weighted by Gasteiger charge is 2.28. The quantitative estimate of drug-likeness (QED) is 0.618. The number of rotatable bonds is 5. The van der Waals surface area contributed by atoms with Crippen molar-refractivity contribution in [2.45, 2.75) is 13.8 Å². The van der Waals surface area contributed by atoms with Crippen LogP contribution in [0.25, 0.3) is 11.0 Å². The first-order valence-corrected chi connectivity index (χ1v) is 7.78. The van der Waals surface area contributed by atoms with Crippen LogP contribution in [0.4, 0.5) is 5.69 Å². The Kier molecular flexibility index (Phi) is 5.36. The average molecular weight is 393 g/mol. The monoisotopic (exact) mass is 392 g/mol. The lowest BCUT2D eigenvalue weighted by Gasteiger charge is -2.08. The number of amides is 1. The van der Waals surface area contributed by atoms with Crippen molar-refractivity contribution in [3.63, 3.8) is 0 Å². The molecule has 1 unspecified atom stereocenters. The summed E-state index contributed by atoms with van der Waals surface area (Å²) in [7, 11) is 0. The van der Waals surface area contributed by atoms with Crippen molar-refractivity contribution in [1.29, 1.82) is 5.26 Å². The molecule has 0 saturated carbocycles. The molecule has 0 saturated heterocycles. The van der Waals surface area contributed by atoms with E-state index in [1.54, 1.807) is 31.2 Å². The van der Waals surface area contributed by atoms with Gasteiger partial charge in [0.1, 0.15) is 11.3 Å². The molecule has 0 radical (unpaired) electrons. The molecule has 0 fully saturated rings. The van der Waals surface area contributed by atoms with Crippen LogP contribution in [0.15, 0.2) is 27.1 Å². The second-order valence-corrected chi connectivity index (χ2v) is 5.74. The second kappa shape index (κ2) is 7.27. The Bertz CT molecular complexity index is 865. The lowest BCUT2D eigenvalue weighted by atomic mass is 10.1. The SMILES string of the molecule is CCOC(=O)c1oc2ccc(Br)cc2c1NC(=O)C(C#N)C(C)=O. The number of fused-ring (bicyclic) bond motifs is 1. The standard InChI is InChI=1S/C16H13BrN2O5/c1-3-23-16(22)14-13(19-15(21)11(7-18)8(2)20)10-6-9(17)4-5-12(10)24-14/h4-6,11H,3H2,1-2H3,(H,19,21). The smallest absolute Gasteiger partial charge is 0.376 e. The van der Waals surface area contributed by atoms with Gasteiger partial charge >= 0.3 is 5.97 Å². The summed E-state index contributed by atoms with van der Waals surface area (Å²) in [5.74, 6) is -3.85. The van der Waals surface area contributed by atoms with Crippen molar-refractivity contribution in [3.8, 4) is 6.07 Å². The number of furan rings is 1. The fourth-order valence-electron chi connectivity index (χ4n) is 2.06. The van der Waals surface area contributed by atoms with Crippen molar-refractivity contribution >= 4 is 50.2 Å². The van der Waals surface area contributed by atoms with Gasteiger partial charge in [-0.1, -0.05) is 15.9 Å². The third kappa shape index (κ3) is 3.46. The molecule has 0 aliphatic carbocycles. The van der Waals surface area contributed by atoms with E-state index >= 15 is 0 Å². The molecule has 1 N–H and O–H groups in total. The van der Waals surface area contributed by atoms with E-state index in [4.69, 9.17) is 14.4 Å². The highest BCUT2D eigenvalue weighted by atomic mass is 79.9. The van der Waals surface area contributed by atoms with Gasteiger partial charge in [0.05, 0.1) is 12.7 Å². The molecule has 2 rings (SSSR count). The Morgan fingerprint density at radius 2 is 2.12 bits per heavy atom. The van der Waals surface area contributed by atoms with E-state index in [0.717, 1.165) is 6.92 Å². The fourth-order valence-corrected chi connectivity index (χ4v) is 2.42. The number of halogens is 1. The zero-order valence-electron chi connectivity index (χ0n) is 12.9. The van der Waals surface area contributed by atoms with Gasteiger partial charge in [-0.15, -0.1) is 0 Å². The van der Waals surface area contributed by atoms with Gasteiger partial charge in [-0.3, -0.25) is 9.59 Å². The number of ketones is 1. The van der Waals surface area contributed by atoms with Crippen LogP contribution in [0, 0.1) is 17.2 Å². The molecule has 1 amide bonds. The number of ether oxygens (including phenoxy) is 1. The first-order chi connectivity index (χ1) is 11.4. The summed E-state index contributed by atoms with van der Waals surface area (Å²) in [4.78, 5) is 35.6. The molecule has 1 atom stereocenters. The molecule has 0 aliphatic heterocycles. The van der Waals surface area contributed by atoms with Gasteiger partial charge in [0.2, 0.25) is 11.7 Å². The van der Waals surface area contributed by atoms with Crippen molar-refractivity contribution in [1.82, 2.24) is 0 Å². The summed E-state index contributed by atoms with van der Waals surface area (Å²) in [6.45, 7) is 2.90.